The number of likely N-dealkylation sites (tertiary alicyclic amines) is 1. The summed E-state index contributed by atoms with van der Waals surface area (Å²) < 4.78 is 18.2. The van der Waals surface area contributed by atoms with Gasteiger partial charge in [-0.3, -0.25) is 9.59 Å². The standard InChI is InChI=1S/C17H17FN2O3S/c18-13-3-5-14(6-4-13)23-8-7-19-16(21)12-10-20(11-12)17(22)15-2-1-9-24-15/h1-6,9,12H,7-8,10-11H2,(H,19,21). The molecule has 2 amide bonds. The summed E-state index contributed by atoms with van der Waals surface area (Å²) in [5.41, 5.74) is 0. The molecule has 1 fully saturated rings. The first-order valence-electron chi connectivity index (χ1n) is 7.62. The highest BCUT2D eigenvalue weighted by Crippen LogP contribution is 2.21. The normalized spacial score (nSPS) is 14.1. The van der Waals surface area contributed by atoms with Gasteiger partial charge in [0, 0.05) is 13.1 Å². The molecule has 0 spiro atoms. The highest BCUT2D eigenvalue weighted by atomic mass is 32.1. The van der Waals surface area contributed by atoms with E-state index in [1.54, 1.807) is 11.0 Å². The van der Waals surface area contributed by atoms with Crippen molar-refractivity contribution in [3.63, 3.8) is 0 Å². The van der Waals surface area contributed by atoms with E-state index >= 15 is 0 Å². The van der Waals surface area contributed by atoms with Gasteiger partial charge < -0.3 is 15.0 Å². The van der Waals surface area contributed by atoms with E-state index in [1.807, 2.05) is 11.4 Å². The molecule has 1 aliphatic heterocycles. The zero-order chi connectivity index (χ0) is 16.9. The Morgan fingerprint density at radius 3 is 2.67 bits per heavy atom. The zero-order valence-corrected chi connectivity index (χ0v) is 13.7. The quantitative estimate of drug-likeness (QED) is 0.814. The van der Waals surface area contributed by atoms with Crippen molar-refractivity contribution in [1.29, 1.82) is 0 Å². The number of nitrogens with one attached hydrogen (secondary N) is 1. The summed E-state index contributed by atoms with van der Waals surface area (Å²) in [6.45, 7) is 1.57. The third-order valence-corrected chi connectivity index (χ3v) is 4.61. The number of halogens is 1. The number of thiophene rings is 1. The van der Waals surface area contributed by atoms with Crippen molar-refractivity contribution in [2.45, 2.75) is 0 Å². The highest BCUT2D eigenvalue weighted by molar-refractivity contribution is 7.12. The number of rotatable bonds is 6. The van der Waals surface area contributed by atoms with E-state index in [-0.39, 0.29) is 23.5 Å². The van der Waals surface area contributed by atoms with Crippen LogP contribution in [0.5, 0.6) is 5.75 Å². The van der Waals surface area contributed by atoms with Crippen molar-refractivity contribution in [2.24, 2.45) is 5.92 Å². The molecule has 0 atom stereocenters. The van der Waals surface area contributed by atoms with Crippen LogP contribution in [-0.2, 0) is 4.79 Å². The van der Waals surface area contributed by atoms with E-state index in [4.69, 9.17) is 4.74 Å². The van der Waals surface area contributed by atoms with E-state index < -0.39 is 0 Å². The lowest BCUT2D eigenvalue weighted by Crippen LogP contribution is -2.55. The fourth-order valence-corrected chi connectivity index (χ4v) is 3.08. The molecule has 0 saturated carbocycles. The lowest BCUT2D eigenvalue weighted by molar-refractivity contribution is -0.129. The predicted octanol–water partition coefficient (Wildman–Crippen LogP) is 2.15. The second kappa shape index (κ2) is 7.44. The summed E-state index contributed by atoms with van der Waals surface area (Å²) in [6, 6.07) is 9.34. The molecule has 5 nitrogen and oxygen atoms in total. The fraction of sp³-hybridized carbons (Fsp3) is 0.294. The lowest BCUT2D eigenvalue weighted by atomic mass is 9.99. The minimum absolute atomic E-state index is 0.0197. The minimum Gasteiger partial charge on any atom is -0.492 e. The number of hydrogen-bond donors (Lipinski definition) is 1. The summed E-state index contributed by atoms with van der Waals surface area (Å²) in [6.07, 6.45) is 0. The van der Waals surface area contributed by atoms with Crippen molar-refractivity contribution in [3.05, 3.63) is 52.5 Å². The molecule has 24 heavy (non-hydrogen) atoms. The van der Waals surface area contributed by atoms with Crippen molar-refractivity contribution in [3.8, 4) is 5.75 Å². The number of amides is 2. The molecule has 1 aromatic carbocycles. The minimum atomic E-state index is -0.317. The van der Waals surface area contributed by atoms with Crippen LogP contribution in [0, 0.1) is 11.7 Å². The number of carbonyl (C=O) groups is 2. The molecule has 0 aliphatic carbocycles. The van der Waals surface area contributed by atoms with Gasteiger partial charge in [0.1, 0.15) is 18.2 Å². The monoisotopic (exact) mass is 348 g/mol. The number of carbonyl (C=O) groups excluding carboxylic acids is 2. The van der Waals surface area contributed by atoms with E-state index in [2.05, 4.69) is 5.32 Å². The Morgan fingerprint density at radius 2 is 2.00 bits per heavy atom. The van der Waals surface area contributed by atoms with Crippen LogP contribution in [0.3, 0.4) is 0 Å². The van der Waals surface area contributed by atoms with Gasteiger partial charge in [-0.15, -0.1) is 11.3 Å². The molecule has 2 heterocycles. The third kappa shape index (κ3) is 3.91. The first kappa shape index (κ1) is 16.4. The Hall–Kier alpha value is -2.41. The molecule has 1 aliphatic rings. The summed E-state index contributed by atoms with van der Waals surface area (Å²) in [7, 11) is 0. The molecule has 0 radical (unpaired) electrons. The van der Waals surface area contributed by atoms with Gasteiger partial charge in [-0.2, -0.15) is 0 Å². The maximum Gasteiger partial charge on any atom is 0.263 e. The molecular weight excluding hydrogens is 331 g/mol. The van der Waals surface area contributed by atoms with Crippen molar-refractivity contribution < 1.29 is 18.7 Å². The lowest BCUT2D eigenvalue weighted by Gasteiger charge is -2.37. The van der Waals surface area contributed by atoms with Gasteiger partial charge in [-0.25, -0.2) is 4.39 Å². The molecular formula is C17H17FN2O3S. The Labute approximate surface area is 143 Å². The molecule has 3 rings (SSSR count). The second-order valence-electron chi connectivity index (χ2n) is 5.48. The van der Waals surface area contributed by atoms with Gasteiger partial charge in [0.05, 0.1) is 17.3 Å². The van der Waals surface area contributed by atoms with Crippen LogP contribution in [0.25, 0.3) is 0 Å². The second-order valence-corrected chi connectivity index (χ2v) is 6.43. The van der Waals surface area contributed by atoms with Crippen LogP contribution in [0.2, 0.25) is 0 Å². The Balaban J connectivity index is 1.34. The van der Waals surface area contributed by atoms with Crippen molar-refractivity contribution >= 4 is 23.2 Å². The van der Waals surface area contributed by atoms with Gasteiger partial charge in [0.25, 0.3) is 5.91 Å². The summed E-state index contributed by atoms with van der Waals surface area (Å²) in [5, 5.41) is 4.65. The smallest absolute Gasteiger partial charge is 0.263 e. The largest absolute Gasteiger partial charge is 0.492 e. The topological polar surface area (TPSA) is 58.6 Å². The first-order valence-corrected chi connectivity index (χ1v) is 8.50. The fourth-order valence-electron chi connectivity index (χ4n) is 2.38. The first-order chi connectivity index (χ1) is 11.6. The van der Waals surface area contributed by atoms with Gasteiger partial charge >= 0.3 is 0 Å². The average Bonchev–Trinajstić information content (AvgIpc) is 3.06. The molecule has 0 unspecified atom stereocenters. The van der Waals surface area contributed by atoms with Crippen LogP contribution < -0.4 is 10.1 Å². The zero-order valence-electron chi connectivity index (χ0n) is 12.9. The van der Waals surface area contributed by atoms with Crippen molar-refractivity contribution in [2.75, 3.05) is 26.2 Å². The Bertz CT molecular complexity index is 697. The highest BCUT2D eigenvalue weighted by Gasteiger charge is 2.36. The van der Waals surface area contributed by atoms with E-state index in [9.17, 15) is 14.0 Å². The molecule has 0 bridgehead atoms. The molecule has 126 valence electrons. The number of benzene rings is 1. The summed E-state index contributed by atoms with van der Waals surface area (Å²) in [5.74, 6) is -0.0225. The summed E-state index contributed by atoms with van der Waals surface area (Å²) in [4.78, 5) is 26.4. The Morgan fingerprint density at radius 1 is 1.25 bits per heavy atom. The van der Waals surface area contributed by atoms with Crippen LogP contribution in [0.4, 0.5) is 4.39 Å². The number of ether oxygens (including phenoxy) is 1. The van der Waals surface area contributed by atoms with Crippen LogP contribution in [0.15, 0.2) is 41.8 Å². The van der Waals surface area contributed by atoms with Gasteiger partial charge in [0.15, 0.2) is 0 Å². The maximum absolute atomic E-state index is 12.8. The van der Waals surface area contributed by atoms with Crippen LogP contribution in [0.1, 0.15) is 9.67 Å². The third-order valence-electron chi connectivity index (χ3n) is 3.76. The molecule has 1 N–H and O–H groups in total. The molecule has 7 heteroatoms. The van der Waals surface area contributed by atoms with E-state index in [1.165, 1.54) is 35.6 Å². The molecule has 1 aromatic heterocycles. The van der Waals surface area contributed by atoms with E-state index in [0.29, 0.717) is 36.9 Å². The summed E-state index contributed by atoms with van der Waals surface area (Å²) >= 11 is 1.40. The van der Waals surface area contributed by atoms with Crippen molar-refractivity contribution in [1.82, 2.24) is 10.2 Å². The Kier molecular flexibility index (Phi) is 5.10. The van der Waals surface area contributed by atoms with Gasteiger partial charge in [-0.1, -0.05) is 6.07 Å². The molecule has 2 aromatic rings. The van der Waals surface area contributed by atoms with Gasteiger partial charge in [0.2, 0.25) is 5.91 Å². The SMILES string of the molecule is O=C(NCCOc1ccc(F)cc1)C1CN(C(=O)c2cccs2)C1. The van der Waals surface area contributed by atoms with Gasteiger partial charge in [-0.05, 0) is 35.7 Å². The average molecular weight is 348 g/mol. The predicted molar refractivity (Wildman–Crippen MR) is 88.6 cm³/mol. The van der Waals surface area contributed by atoms with Crippen LogP contribution in [-0.4, -0.2) is 43.0 Å². The molecule has 1 saturated heterocycles. The number of hydrogen-bond acceptors (Lipinski definition) is 4. The number of nitrogens with zero attached hydrogens (tertiary/aromatic N) is 1. The van der Waals surface area contributed by atoms with Crippen LogP contribution >= 0.6 is 11.3 Å². The van der Waals surface area contributed by atoms with E-state index in [0.717, 1.165) is 0 Å². The maximum atomic E-state index is 12.8.